The number of hydrogen-bond donors (Lipinski definition) is 0. The van der Waals surface area contributed by atoms with Gasteiger partial charge < -0.3 is 18.6 Å². The predicted octanol–water partition coefficient (Wildman–Crippen LogP) is 7.61. The molecule has 0 fully saturated rings. The monoisotopic (exact) mass is 602 g/mol. The second-order valence-corrected chi connectivity index (χ2v) is 17.5. The van der Waals surface area contributed by atoms with Crippen molar-refractivity contribution in [3.63, 3.8) is 0 Å². The lowest BCUT2D eigenvalue weighted by molar-refractivity contribution is 0.124. The van der Waals surface area contributed by atoms with E-state index >= 15 is 0 Å². The van der Waals surface area contributed by atoms with Crippen molar-refractivity contribution in [2.45, 2.75) is 70.9 Å². The molecule has 1 atom stereocenters. The van der Waals surface area contributed by atoms with E-state index in [9.17, 15) is 10.1 Å². The molecule has 9 heteroatoms. The minimum Gasteiger partial charge on any atom is -0.483 e. The normalized spacial score (nSPS) is 15.0. The Balaban J connectivity index is 1.64. The van der Waals surface area contributed by atoms with Crippen molar-refractivity contribution in [2.24, 2.45) is 0 Å². The van der Waals surface area contributed by atoms with Crippen LogP contribution in [0.3, 0.4) is 0 Å². The third-order valence-electron chi connectivity index (χ3n) is 7.65. The fourth-order valence-corrected chi connectivity index (χ4v) is 5.63. The lowest BCUT2D eigenvalue weighted by atomic mass is 9.97. The van der Waals surface area contributed by atoms with Gasteiger partial charge >= 0.3 is 5.24 Å². The van der Waals surface area contributed by atoms with Crippen LogP contribution in [0.2, 0.25) is 18.1 Å². The number of benzene rings is 2. The van der Waals surface area contributed by atoms with Crippen LogP contribution < -0.4 is 15.0 Å². The number of hydrogen-bond acceptors (Lipinski definition) is 7. The molecule has 0 spiro atoms. The first-order valence-corrected chi connectivity index (χ1v) is 17.3. The van der Waals surface area contributed by atoms with E-state index in [2.05, 4.69) is 39.9 Å². The van der Waals surface area contributed by atoms with Crippen molar-refractivity contribution in [1.82, 2.24) is 4.57 Å². The number of aromatic nitrogens is 1. The number of para-hydroxylation sites is 1. The van der Waals surface area contributed by atoms with Gasteiger partial charge in [-0.3, -0.25) is 9.36 Å². The summed E-state index contributed by atoms with van der Waals surface area (Å²) in [4.78, 5) is 13.6. The second-order valence-electron chi connectivity index (χ2n) is 12.4. The van der Waals surface area contributed by atoms with Crippen LogP contribution >= 0.6 is 12.2 Å². The van der Waals surface area contributed by atoms with Gasteiger partial charge in [-0.1, -0.05) is 39.0 Å². The minimum absolute atomic E-state index is 0.0328. The van der Waals surface area contributed by atoms with Crippen molar-refractivity contribution in [1.29, 1.82) is 5.26 Å². The molecule has 0 amide bonds. The highest BCUT2D eigenvalue weighted by atomic mass is 32.1. The molecule has 2 aromatic carbocycles. The molecule has 2 heterocycles. The fourth-order valence-electron chi connectivity index (χ4n) is 4.36. The molecule has 1 aliphatic rings. The zero-order valence-electron chi connectivity index (χ0n) is 25.3. The molecule has 42 heavy (non-hydrogen) atoms. The highest BCUT2D eigenvalue weighted by Crippen LogP contribution is 2.38. The van der Waals surface area contributed by atoms with Crippen molar-refractivity contribution in [2.75, 3.05) is 6.61 Å². The molecule has 0 N–H and O–H groups in total. The van der Waals surface area contributed by atoms with Gasteiger partial charge in [0.15, 0.2) is 8.32 Å². The molecule has 0 aliphatic carbocycles. The Morgan fingerprint density at radius 3 is 2.48 bits per heavy atom. The zero-order chi connectivity index (χ0) is 30.7. The highest BCUT2D eigenvalue weighted by Gasteiger charge is 2.37. The van der Waals surface area contributed by atoms with Crippen LogP contribution in [0.4, 0.5) is 0 Å². The van der Waals surface area contributed by atoms with Gasteiger partial charge in [0.1, 0.15) is 23.2 Å². The van der Waals surface area contributed by atoms with Crippen LogP contribution in [-0.4, -0.2) is 30.3 Å². The molecule has 7 nitrogen and oxygen atoms in total. The molecule has 0 bridgehead atoms. The summed E-state index contributed by atoms with van der Waals surface area (Å²) in [6, 6.07) is 20.0. The Hall–Kier alpha value is -3.71. The Bertz CT molecular complexity index is 1580. The summed E-state index contributed by atoms with van der Waals surface area (Å²) in [5, 5.41) is 9.49. The smallest absolute Gasteiger partial charge is 0.358 e. The van der Waals surface area contributed by atoms with Crippen molar-refractivity contribution in [3.8, 4) is 17.6 Å². The SMILES string of the molecule is CC1(C)C=C(n2ccc(C(CCO[Si](C)(C)C(C)(C)C)OC(=S)Oc3ccccc3)cc2=O)c2cc(C#N)ccc2O1. The molecule has 220 valence electrons. The summed E-state index contributed by atoms with van der Waals surface area (Å²) in [5.41, 5.74) is 1.57. The van der Waals surface area contributed by atoms with Gasteiger partial charge in [-0.2, -0.15) is 5.26 Å². The minimum atomic E-state index is -2.00. The van der Waals surface area contributed by atoms with E-state index in [0.29, 0.717) is 46.9 Å². The standard InChI is InChI=1S/C33H38N2O5SSi/c1-32(2,3)42(6,7)37-18-16-28(39-31(41)38-25-11-9-8-10-12-25)24-15-17-35(30(36)20-24)27-21-33(4,5)40-29-14-13-23(22-34)19-26(27)29/h8-15,17,19-21,28H,16,18H2,1-7H3. The Labute approximate surface area is 254 Å². The first-order chi connectivity index (χ1) is 19.7. The average Bonchev–Trinajstić information content (AvgIpc) is 2.91. The van der Waals surface area contributed by atoms with E-state index in [1.165, 1.54) is 0 Å². The summed E-state index contributed by atoms with van der Waals surface area (Å²) in [6.07, 6.45) is 3.53. The van der Waals surface area contributed by atoms with Gasteiger partial charge in [-0.25, -0.2) is 0 Å². The van der Waals surface area contributed by atoms with Gasteiger partial charge in [0.25, 0.3) is 5.56 Å². The molecule has 4 rings (SSSR count). The summed E-state index contributed by atoms with van der Waals surface area (Å²) in [6.45, 7) is 15.3. The van der Waals surface area contributed by atoms with Gasteiger partial charge in [-0.15, -0.1) is 0 Å². The fraction of sp³-hybridized carbons (Fsp3) is 0.364. The molecular weight excluding hydrogens is 565 g/mol. The third kappa shape index (κ3) is 7.37. The maximum absolute atomic E-state index is 13.6. The van der Waals surface area contributed by atoms with E-state index in [0.717, 1.165) is 0 Å². The van der Waals surface area contributed by atoms with Gasteiger partial charge in [0.2, 0.25) is 0 Å². The molecular formula is C33H38N2O5SSi. The van der Waals surface area contributed by atoms with Crippen LogP contribution in [0, 0.1) is 11.3 Å². The summed E-state index contributed by atoms with van der Waals surface area (Å²) >= 11 is 5.44. The number of fused-ring (bicyclic) bond motifs is 1. The summed E-state index contributed by atoms with van der Waals surface area (Å²) in [5.74, 6) is 1.18. The Kier molecular flexibility index (Phi) is 9.11. The topological polar surface area (TPSA) is 82.7 Å². The predicted molar refractivity (Wildman–Crippen MR) is 171 cm³/mol. The molecule has 1 unspecified atom stereocenters. The average molecular weight is 603 g/mol. The quantitative estimate of drug-likeness (QED) is 0.194. The Morgan fingerprint density at radius 1 is 1.12 bits per heavy atom. The lowest BCUT2D eigenvalue weighted by Gasteiger charge is -2.36. The van der Waals surface area contributed by atoms with Crippen molar-refractivity contribution >= 4 is 31.5 Å². The number of thiocarbonyl (C=S) groups is 1. The maximum atomic E-state index is 13.6. The summed E-state index contributed by atoms with van der Waals surface area (Å²) in [7, 11) is -2.00. The van der Waals surface area contributed by atoms with Crippen LogP contribution in [0.1, 0.15) is 63.8 Å². The second kappa shape index (κ2) is 12.3. The maximum Gasteiger partial charge on any atom is 0.358 e. The van der Waals surface area contributed by atoms with E-state index in [1.807, 2.05) is 44.2 Å². The van der Waals surface area contributed by atoms with Crippen LogP contribution in [0.15, 0.2) is 77.7 Å². The molecule has 3 aromatic rings. The van der Waals surface area contributed by atoms with Gasteiger partial charge in [0.05, 0.1) is 17.3 Å². The van der Waals surface area contributed by atoms with Crippen LogP contribution in [0.25, 0.3) is 5.70 Å². The Morgan fingerprint density at radius 2 is 1.83 bits per heavy atom. The third-order valence-corrected chi connectivity index (χ3v) is 12.4. The van der Waals surface area contributed by atoms with Crippen LogP contribution in [0.5, 0.6) is 11.5 Å². The number of ether oxygens (including phenoxy) is 3. The first-order valence-electron chi connectivity index (χ1n) is 14.0. The lowest BCUT2D eigenvalue weighted by Crippen LogP contribution is -2.41. The number of nitrogens with zero attached hydrogens (tertiary/aromatic N) is 2. The first kappa shape index (κ1) is 31.2. The summed E-state index contributed by atoms with van der Waals surface area (Å²) < 4.78 is 26.0. The van der Waals surface area contributed by atoms with E-state index < -0.39 is 20.0 Å². The largest absolute Gasteiger partial charge is 0.483 e. The molecule has 0 saturated carbocycles. The zero-order valence-corrected chi connectivity index (χ0v) is 27.1. The number of nitriles is 1. The molecule has 1 aromatic heterocycles. The van der Waals surface area contributed by atoms with E-state index in [1.54, 1.807) is 47.2 Å². The highest BCUT2D eigenvalue weighted by molar-refractivity contribution is 7.79. The van der Waals surface area contributed by atoms with Crippen LogP contribution in [-0.2, 0) is 9.16 Å². The van der Waals surface area contributed by atoms with E-state index in [-0.39, 0.29) is 15.8 Å². The molecule has 0 radical (unpaired) electrons. The number of rotatable bonds is 8. The van der Waals surface area contributed by atoms with Gasteiger partial charge in [0, 0.05) is 43.1 Å². The van der Waals surface area contributed by atoms with Crippen molar-refractivity contribution < 1.29 is 18.6 Å². The van der Waals surface area contributed by atoms with Crippen molar-refractivity contribution in [3.05, 3.63) is 100.0 Å². The molecule has 1 aliphatic heterocycles. The molecule has 0 saturated heterocycles. The van der Waals surface area contributed by atoms with E-state index in [4.69, 9.17) is 30.9 Å². The van der Waals surface area contributed by atoms with Gasteiger partial charge in [-0.05, 0) is 80.0 Å². The number of pyridine rings is 1.